The Balaban J connectivity index is 1.62. The summed E-state index contributed by atoms with van der Waals surface area (Å²) in [6.45, 7) is 1.05. The Bertz CT molecular complexity index is 1830. The number of hydrogen-bond donors (Lipinski definition) is 1. The topological polar surface area (TPSA) is 101 Å². The molecule has 0 radical (unpaired) electrons. The first kappa shape index (κ1) is 30.0. The number of anilines is 1. The average molecular weight is 623 g/mol. The van der Waals surface area contributed by atoms with Crippen molar-refractivity contribution in [1.82, 2.24) is 15.3 Å². The smallest absolute Gasteiger partial charge is 0.315 e. The number of rotatable bonds is 6. The van der Waals surface area contributed by atoms with Gasteiger partial charge in [0, 0.05) is 18.8 Å². The molecule has 0 spiro atoms. The standard InChI is InChI=1S/C28H20F6N4O4S/c29-27(30,31)19-4-6-23(24(15-19)17-8-11-35-12-9-17)22-3-1-2-18-14-20(5-7-21(18)22)43(40,41)38(25-10-13-36-16-37-25)42-26(39)28(32,33)34/h1-8,10,13-16,35H,9,11-12H2. The van der Waals surface area contributed by atoms with Crippen molar-refractivity contribution in [2.45, 2.75) is 23.7 Å². The van der Waals surface area contributed by atoms with Crippen LogP contribution in [0.25, 0.3) is 27.5 Å². The molecule has 3 aromatic carbocycles. The SMILES string of the molecule is O=C(ON(c1ccncn1)S(=O)(=O)c1ccc2c(-c3ccc(C(F)(F)F)cc3C3=CCNCC3)cccc2c1)C(F)(F)F. The number of nitrogens with one attached hydrogen (secondary N) is 1. The molecule has 8 nitrogen and oxygen atoms in total. The van der Waals surface area contributed by atoms with Crippen LogP contribution in [-0.4, -0.2) is 43.6 Å². The molecule has 1 aliphatic rings. The summed E-state index contributed by atoms with van der Waals surface area (Å²) in [6, 6.07) is 12.7. The van der Waals surface area contributed by atoms with E-state index in [2.05, 4.69) is 20.1 Å². The third-order valence-electron chi connectivity index (χ3n) is 6.57. The van der Waals surface area contributed by atoms with Crippen LogP contribution in [0.1, 0.15) is 17.5 Å². The Morgan fingerprint density at radius 3 is 2.37 bits per heavy atom. The molecule has 1 N–H and O–H groups in total. The molecular formula is C28H20F6N4O4S. The van der Waals surface area contributed by atoms with E-state index in [1.807, 2.05) is 6.08 Å². The van der Waals surface area contributed by atoms with E-state index in [1.165, 1.54) is 18.2 Å². The van der Waals surface area contributed by atoms with Crippen molar-refractivity contribution in [2.24, 2.45) is 0 Å². The van der Waals surface area contributed by atoms with E-state index in [0.29, 0.717) is 52.5 Å². The van der Waals surface area contributed by atoms with Crippen LogP contribution in [0.4, 0.5) is 32.2 Å². The average Bonchev–Trinajstić information content (AvgIpc) is 2.98. The summed E-state index contributed by atoms with van der Waals surface area (Å²) < 4.78 is 107. The molecule has 5 rings (SSSR count). The van der Waals surface area contributed by atoms with Crippen LogP contribution >= 0.6 is 0 Å². The van der Waals surface area contributed by atoms with E-state index in [4.69, 9.17) is 0 Å². The summed E-state index contributed by atoms with van der Waals surface area (Å²) in [6.07, 6.45) is -5.90. The highest BCUT2D eigenvalue weighted by Gasteiger charge is 2.45. The van der Waals surface area contributed by atoms with Crippen molar-refractivity contribution in [3.8, 4) is 11.1 Å². The molecule has 0 saturated carbocycles. The first-order valence-electron chi connectivity index (χ1n) is 12.5. The maximum Gasteiger partial charge on any atom is 0.493 e. The van der Waals surface area contributed by atoms with Crippen LogP contribution in [0.3, 0.4) is 0 Å². The Morgan fingerprint density at radius 2 is 1.72 bits per heavy atom. The maximum atomic E-state index is 13.6. The van der Waals surface area contributed by atoms with Crippen LogP contribution in [0, 0.1) is 0 Å². The third kappa shape index (κ3) is 6.17. The van der Waals surface area contributed by atoms with Crippen LogP contribution in [-0.2, 0) is 25.8 Å². The van der Waals surface area contributed by atoms with Crippen LogP contribution in [0.5, 0.6) is 0 Å². The number of fused-ring (bicyclic) bond motifs is 1. The van der Waals surface area contributed by atoms with Crippen molar-refractivity contribution < 1.29 is 44.4 Å². The van der Waals surface area contributed by atoms with Gasteiger partial charge in [0.2, 0.25) is 0 Å². The molecule has 0 saturated heterocycles. The molecule has 0 amide bonds. The Morgan fingerprint density at radius 1 is 0.930 bits per heavy atom. The number of carbonyl (C=O) groups excluding carboxylic acids is 1. The predicted octanol–water partition coefficient (Wildman–Crippen LogP) is 5.91. The molecule has 0 aliphatic carbocycles. The van der Waals surface area contributed by atoms with E-state index in [9.17, 15) is 39.6 Å². The van der Waals surface area contributed by atoms with Crippen LogP contribution in [0.2, 0.25) is 0 Å². The number of sulfonamides is 1. The molecule has 43 heavy (non-hydrogen) atoms. The number of benzene rings is 3. The van der Waals surface area contributed by atoms with Gasteiger partial charge in [0.15, 0.2) is 5.82 Å². The second-order valence-electron chi connectivity index (χ2n) is 9.31. The number of hydrogen-bond acceptors (Lipinski definition) is 7. The molecule has 0 bridgehead atoms. The number of aromatic nitrogens is 2. The molecule has 15 heteroatoms. The lowest BCUT2D eigenvalue weighted by molar-refractivity contribution is -0.199. The van der Waals surface area contributed by atoms with Gasteiger partial charge < -0.3 is 10.2 Å². The van der Waals surface area contributed by atoms with Gasteiger partial charge in [-0.2, -0.15) is 34.8 Å². The summed E-state index contributed by atoms with van der Waals surface area (Å²) in [5.41, 5.74) is 1.24. The molecular weight excluding hydrogens is 602 g/mol. The second-order valence-corrected chi connectivity index (χ2v) is 11.1. The number of halogens is 6. The zero-order valence-corrected chi connectivity index (χ0v) is 22.6. The molecule has 2 heterocycles. The molecule has 0 fully saturated rings. The summed E-state index contributed by atoms with van der Waals surface area (Å²) in [4.78, 5) is 22.5. The first-order chi connectivity index (χ1) is 20.3. The van der Waals surface area contributed by atoms with Gasteiger partial charge in [0.05, 0.1) is 10.5 Å². The van der Waals surface area contributed by atoms with Gasteiger partial charge in [0.1, 0.15) is 6.33 Å². The van der Waals surface area contributed by atoms with E-state index in [0.717, 1.165) is 42.9 Å². The van der Waals surface area contributed by atoms with Gasteiger partial charge in [-0.15, -0.1) is 0 Å². The number of alkyl halides is 6. The quantitative estimate of drug-likeness (QED) is 0.211. The minimum Gasteiger partial charge on any atom is -0.315 e. The summed E-state index contributed by atoms with van der Waals surface area (Å²) >= 11 is 0. The highest BCUT2D eigenvalue weighted by atomic mass is 32.2. The fraction of sp³-hybridized carbons (Fsp3) is 0.179. The lowest BCUT2D eigenvalue weighted by atomic mass is 9.88. The van der Waals surface area contributed by atoms with E-state index >= 15 is 0 Å². The van der Waals surface area contributed by atoms with Crippen LogP contribution in [0.15, 0.2) is 84.2 Å². The molecule has 1 aliphatic heterocycles. The van der Waals surface area contributed by atoms with E-state index in [-0.39, 0.29) is 4.47 Å². The van der Waals surface area contributed by atoms with Crippen LogP contribution < -0.4 is 9.79 Å². The van der Waals surface area contributed by atoms with Crippen molar-refractivity contribution >= 4 is 38.2 Å². The lowest BCUT2D eigenvalue weighted by Crippen LogP contribution is -2.39. The largest absolute Gasteiger partial charge is 0.493 e. The zero-order valence-electron chi connectivity index (χ0n) is 21.8. The van der Waals surface area contributed by atoms with Crippen molar-refractivity contribution in [1.29, 1.82) is 0 Å². The van der Waals surface area contributed by atoms with Gasteiger partial charge in [-0.25, -0.2) is 14.8 Å². The Labute approximate surface area is 240 Å². The number of carbonyl (C=O) groups is 1. The maximum absolute atomic E-state index is 13.6. The minimum atomic E-state index is -5.51. The van der Waals surface area contributed by atoms with Crippen molar-refractivity contribution in [3.63, 3.8) is 0 Å². The van der Waals surface area contributed by atoms with Crippen molar-refractivity contribution in [2.75, 3.05) is 17.6 Å². The minimum absolute atomic E-state index is 0.243. The summed E-state index contributed by atoms with van der Waals surface area (Å²) in [7, 11) is -4.97. The second kappa shape index (κ2) is 11.3. The summed E-state index contributed by atoms with van der Waals surface area (Å²) in [5.74, 6) is -3.45. The normalized spacial score (nSPS) is 14.3. The number of nitrogens with zero attached hydrogens (tertiary/aromatic N) is 3. The van der Waals surface area contributed by atoms with Crippen molar-refractivity contribution in [3.05, 3.63) is 90.4 Å². The highest BCUT2D eigenvalue weighted by Crippen LogP contribution is 2.40. The first-order valence-corrected chi connectivity index (χ1v) is 14.0. The van der Waals surface area contributed by atoms with E-state index in [1.54, 1.807) is 12.1 Å². The van der Waals surface area contributed by atoms with Gasteiger partial charge in [-0.05, 0) is 70.3 Å². The van der Waals surface area contributed by atoms with Gasteiger partial charge in [0.25, 0.3) is 10.0 Å². The fourth-order valence-corrected chi connectivity index (χ4v) is 5.81. The molecule has 4 aromatic rings. The predicted molar refractivity (Wildman–Crippen MR) is 144 cm³/mol. The summed E-state index contributed by atoms with van der Waals surface area (Å²) in [5, 5.41) is 3.87. The molecule has 0 unspecified atom stereocenters. The fourth-order valence-electron chi connectivity index (χ4n) is 4.58. The van der Waals surface area contributed by atoms with Gasteiger partial charge in [-0.3, -0.25) is 0 Å². The monoisotopic (exact) mass is 622 g/mol. The van der Waals surface area contributed by atoms with Gasteiger partial charge in [-0.1, -0.05) is 40.9 Å². The molecule has 224 valence electrons. The Hall–Kier alpha value is -4.50. The molecule has 0 atom stereocenters. The lowest BCUT2D eigenvalue weighted by Gasteiger charge is -2.22. The highest BCUT2D eigenvalue weighted by molar-refractivity contribution is 7.92. The van der Waals surface area contributed by atoms with E-state index < -0.39 is 44.6 Å². The molecule has 1 aromatic heterocycles. The zero-order chi connectivity index (χ0) is 31.0. The third-order valence-corrected chi connectivity index (χ3v) is 8.11. The van der Waals surface area contributed by atoms with Gasteiger partial charge >= 0.3 is 18.3 Å². The Kier molecular flexibility index (Phi) is 7.88.